The minimum atomic E-state index is -0.149. The van der Waals surface area contributed by atoms with Crippen molar-refractivity contribution in [3.05, 3.63) is 36.2 Å². The molecule has 1 atom stereocenters. The Balaban J connectivity index is 1.72. The van der Waals surface area contributed by atoms with Gasteiger partial charge >= 0.3 is 0 Å². The van der Waals surface area contributed by atoms with Crippen LogP contribution in [-0.2, 0) is 5.41 Å². The molecule has 23 heavy (non-hydrogen) atoms. The zero-order valence-corrected chi connectivity index (χ0v) is 14.2. The molecule has 0 fully saturated rings. The predicted octanol–water partition coefficient (Wildman–Crippen LogP) is 3.67. The highest BCUT2D eigenvalue weighted by molar-refractivity contribution is 7.99. The van der Waals surface area contributed by atoms with Gasteiger partial charge in [-0.15, -0.1) is 10.2 Å². The molecule has 0 saturated carbocycles. The molecule has 0 aliphatic rings. The van der Waals surface area contributed by atoms with E-state index in [1.165, 1.54) is 11.8 Å². The second kappa shape index (κ2) is 6.11. The smallest absolute Gasteiger partial charge is 0.277 e. The van der Waals surface area contributed by atoms with Gasteiger partial charge in [0, 0.05) is 17.8 Å². The van der Waals surface area contributed by atoms with Crippen molar-refractivity contribution in [1.82, 2.24) is 25.3 Å². The fourth-order valence-electron chi connectivity index (χ4n) is 1.77. The van der Waals surface area contributed by atoms with E-state index in [2.05, 4.69) is 25.3 Å². The van der Waals surface area contributed by atoms with Crippen LogP contribution in [0.5, 0.6) is 0 Å². The van der Waals surface area contributed by atoms with Crippen molar-refractivity contribution in [1.29, 1.82) is 0 Å². The average molecular weight is 331 g/mol. The Hall–Kier alpha value is -2.22. The van der Waals surface area contributed by atoms with Gasteiger partial charge in [0.05, 0.1) is 10.8 Å². The van der Waals surface area contributed by atoms with E-state index in [9.17, 15) is 0 Å². The standard InChI is InChI=1S/C15H17N5O2S/c1-9(11-17-13(20-22-11)15(2,3)4)23-14-19-18-12(21-14)10-6-5-7-16-8-10/h5-9H,1-4H3/t9-/m1/s1. The molecule has 8 heteroatoms. The number of hydrogen-bond donors (Lipinski definition) is 0. The third kappa shape index (κ3) is 3.58. The molecule has 7 nitrogen and oxygen atoms in total. The fraction of sp³-hybridized carbons (Fsp3) is 0.400. The van der Waals surface area contributed by atoms with Crippen molar-refractivity contribution in [3.63, 3.8) is 0 Å². The van der Waals surface area contributed by atoms with Crippen molar-refractivity contribution < 1.29 is 8.94 Å². The predicted molar refractivity (Wildman–Crippen MR) is 84.8 cm³/mol. The highest BCUT2D eigenvalue weighted by Gasteiger charge is 2.24. The number of pyridine rings is 1. The van der Waals surface area contributed by atoms with Crippen LogP contribution in [0, 0.1) is 0 Å². The molecule has 0 radical (unpaired) electrons. The van der Waals surface area contributed by atoms with Crippen molar-refractivity contribution >= 4 is 11.8 Å². The van der Waals surface area contributed by atoms with Crippen LogP contribution in [0.1, 0.15) is 44.7 Å². The van der Waals surface area contributed by atoms with E-state index in [1.807, 2.05) is 39.8 Å². The van der Waals surface area contributed by atoms with Crippen molar-refractivity contribution in [2.75, 3.05) is 0 Å². The topological polar surface area (TPSA) is 90.7 Å². The zero-order valence-electron chi connectivity index (χ0n) is 13.3. The van der Waals surface area contributed by atoms with Crippen LogP contribution in [-0.4, -0.2) is 25.3 Å². The van der Waals surface area contributed by atoms with E-state index < -0.39 is 0 Å². The second-order valence-electron chi connectivity index (χ2n) is 6.08. The number of aromatic nitrogens is 5. The van der Waals surface area contributed by atoms with E-state index in [0.717, 1.165) is 5.56 Å². The van der Waals surface area contributed by atoms with Gasteiger partial charge in [-0.1, -0.05) is 37.7 Å². The van der Waals surface area contributed by atoms with Crippen LogP contribution in [0.25, 0.3) is 11.5 Å². The first-order valence-electron chi connectivity index (χ1n) is 7.18. The van der Waals surface area contributed by atoms with Gasteiger partial charge in [-0.05, 0) is 19.1 Å². The molecule has 0 bridgehead atoms. The molecule has 0 N–H and O–H groups in total. The first kappa shape index (κ1) is 15.7. The third-order valence-corrected chi connectivity index (χ3v) is 3.97. The number of thioether (sulfide) groups is 1. The molecule has 0 spiro atoms. The van der Waals surface area contributed by atoms with Crippen molar-refractivity contribution in [3.8, 4) is 11.5 Å². The maximum Gasteiger partial charge on any atom is 0.277 e. The lowest BCUT2D eigenvalue weighted by atomic mass is 9.96. The molecule has 3 aromatic rings. The molecule has 0 amide bonds. The molecular formula is C15H17N5O2S. The summed E-state index contributed by atoms with van der Waals surface area (Å²) in [6, 6.07) is 3.69. The largest absolute Gasteiger partial charge is 0.411 e. The summed E-state index contributed by atoms with van der Waals surface area (Å²) in [5.41, 5.74) is 0.636. The van der Waals surface area contributed by atoms with Gasteiger partial charge in [0.25, 0.3) is 5.22 Å². The first-order chi connectivity index (χ1) is 10.9. The van der Waals surface area contributed by atoms with Gasteiger partial charge in [0.2, 0.25) is 11.8 Å². The zero-order chi connectivity index (χ0) is 16.4. The Labute approximate surface area is 137 Å². The lowest BCUT2D eigenvalue weighted by molar-refractivity contribution is 0.363. The summed E-state index contributed by atoms with van der Waals surface area (Å²) in [7, 11) is 0. The number of nitrogens with zero attached hydrogens (tertiary/aromatic N) is 5. The maximum absolute atomic E-state index is 5.65. The normalized spacial score (nSPS) is 13.2. The molecule has 3 heterocycles. The van der Waals surface area contributed by atoms with E-state index in [-0.39, 0.29) is 10.7 Å². The summed E-state index contributed by atoms with van der Waals surface area (Å²) in [5.74, 6) is 1.66. The van der Waals surface area contributed by atoms with Gasteiger partial charge < -0.3 is 8.94 Å². The number of rotatable bonds is 4. The highest BCUT2D eigenvalue weighted by Crippen LogP contribution is 2.35. The van der Waals surface area contributed by atoms with Gasteiger partial charge in [-0.25, -0.2) is 0 Å². The molecule has 0 aromatic carbocycles. The Morgan fingerprint density at radius 3 is 2.70 bits per heavy atom. The summed E-state index contributed by atoms with van der Waals surface area (Å²) in [5, 5.41) is 12.5. The van der Waals surface area contributed by atoms with Crippen molar-refractivity contribution in [2.45, 2.75) is 43.6 Å². The summed E-state index contributed by atoms with van der Waals surface area (Å²) in [6.07, 6.45) is 3.37. The van der Waals surface area contributed by atoms with Crippen LogP contribution in [0.3, 0.4) is 0 Å². The van der Waals surface area contributed by atoms with Gasteiger partial charge in [0.15, 0.2) is 5.82 Å². The van der Waals surface area contributed by atoms with E-state index in [1.54, 1.807) is 12.4 Å². The van der Waals surface area contributed by atoms with E-state index in [0.29, 0.717) is 22.8 Å². The van der Waals surface area contributed by atoms with E-state index in [4.69, 9.17) is 8.94 Å². The van der Waals surface area contributed by atoms with Crippen molar-refractivity contribution in [2.24, 2.45) is 0 Å². The molecule has 0 saturated heterocycles. The maximum atomic E-state index is 5.65. The summed E-state index contributed by atoms with van der Waals surface area (Å²) in [4.78, 5) is 8.48. The molecule has 0 unspecified atom stereocenters. The Morgan fingerprint density at radius 2 is 2.04 bits per heavy atom. The molecule has 120 valence electrons. The summed E-state index contributed by atoms with van der Waals surface area (Å²) >= 11 is 1.38. The first-order valence-corrected chi connectivity index (χ1v) is 8.06. The lowest BCUT2D eigenvalue weighted by Gasteiger charge is -2.11. The quantitative estimate of drug-likeness (QED) is 0.669. The Morgan fingerprint density at radius 1 is 1.22 bits per heavy atom. The van der Waals surface area contributed by atoms with E-state index >= 15 is 0 Å². The van der Waals surface area contributed by atoms with Crippen LogP contribution in [0.2, 0.25) is 0 Å². The summed E-state index contributed by atoms with van der Waals surface area (Å²) < 4.78 is 11.0. The second-order valence-corrected chi connectivity index (χ2v) is 7.37. The van der Waals surface area contributed by atoms with Crippen LogP contribution >= 0.6 is 11.8 Å². The number of hydrogen-bond acceptors (Lipinski definition) is 8. The third-order valence-electron chi connectivity index (χ3n) is 3.05. The summed E-state index contributed by atoms with van der Waals surface area (Å²) in [6.45, 7) is 8.07. The van der Waals surface area contributed by atoms with Crippen LogP contribution in [0.15, 0.2) is 38.7 Å². The Bertz CT molecular complexity index is 779. The van der Waals surface area contributed by atoms with Gasteiger partial charge in [-0.2, -0.15) is 4.98 Å². The SMILES string of the molecule is C[C@@H](Sc1nnc(-c2cccnc2)o1)c1nc(C(C)(C)C)no1. The molecule has 3 rings (SSSR count). The molecule has 0 aliphatic carbocycles. The van der Waals surface area contributed by atoms with Crippen LogP contribution in [0.4, 0.5) is 0 Å². The average Bonchev–Trinajstić information content (AvgIpc) is 3.17. The molecule has 3 aromatic heterocycles. The molecule has 0 aliphatic heterocycles. The fourth-order valence-corrected chi connectivity index (χ4v) is 2.48. The van der Waals surface area contributed by atoms with Gasteiger partial charge in [0.1, 0.15) is 0 Å². The van der Waals surface area contributed by atoms with Gasteiger partial charge in [-0.3, -0.25) is 4.98 Å². The monoisotopic (exact) mass is 331 g/mol. The Kier molecular flexibility index (Phi) is 4.16. The highest BCUT2D eigenvalue weighted by atomic mass is 32.2. The molecular weight excluding hydrogens is 314 g/mol. The van der Waals surface area contributed by atoms with Crippen LogP contribution < -0.4 is 0 Å². The lowest BCUT2D eigenvalue weighted by Crippen LogP contribution is -2.13. The minimum absolute atomic E-state index is 0.0826. The minimum Gasteiger partial charge on any atom is -0.411 e.